The fourth-order valence-corrected chi connectivity index (χ4v) is 7.47. The third kappa shape index (κ3) is 4.35. The van der Waals surface area contributed by atoms with Crippen LogP contribution in [-0.4, -0.2) is 69.1 Å². The normalized spacial score (nSPS) is 21.5. The number of rotatable bonds is 5. The van der Waals surface area contributed by atoms with Crippen molar-refractivity contribution in [3.05, 3.63) is 101 Å². The zero-order chi connectivity index (χ0) is 27.2. The van der Waals surface area contributed by atoms with Gasteiger partial charge in [0, 0.05) is 61.1 Å². The molecule has 0 saturated carbocycles. The van der Waals surface area contributed by atoms with E-state index in [1.807, 2.05) is 42.5 Å². The van der Waals surface area contributed by atoms with Crippen LogP contribution in [0.3, 0.4) is 0 Å². The molecule has 5 heterocycles. The minimum atomic E-state index is -0.604. The molecule has 2 aromatic carbocycles. The van der Waals surface area contributed by atoms with Crippen LogP contribution in [0.2, 0.25) is 0 Å². The molecular weight excluding hydrogens is 522 g/mol. The molecule has 3 aliphatic rings. The van der Waals surface area contributed by atoms with Crippen LogP contribution in [0.1, 0.15) is 27.6 Å². The highest BCUT2D eigenvalue weighted by atomic mass is 32.1. The molecule has 2 aromatic heterocycles. The third-order valence-corrected chi connectivity index (χ3v) is 9.51. The number of thiophene rings is 1. The molecule has 8 nitrogen and oxygen atoms in total. The maximum absolute atomic E-state index is 13.9. The predicted octanol–water partition coefficient (Wildman–Crippen LogP) is 3.13. The molecule has 3 aliphatic heterocycles. The standard InChI is InChI=1S/C31H29N5O3S/c37-29(33-17-20-9-11-32-12-10-20)28(27-16-22-6-3-4-8-26(22)40-27)34-13-14-35-25(19-34)31(39)36-18-23-7-2-1-5-21(23)15-24(36)30(35)38/h1-12,16,24-25,28H,13-15,17-19H2,(H,33,37)/t24-,25?,28?/m0/s1. The number of hydrogen-bond acceptors (Lipinski definition) is 6. The van der Waals surface area contributed by atoms with Crippen molar-refractivity contribution in [2.75, 3.05) is 19.6 Å². The fourth-order valence-electron chi connectivity index (χ4n) is 6.27. The number of hydrogen-bond donors (Lipinski definition) is 1. The summed E-state index contributed by atoms with van der Waals surface area (Å²) >= 11 is 1.60. The third-order valence-electron chi connectivity index (χ3n) is 8.34. The Morgan fingerprint density at radius 1 is 0.925 bits per heavy atom. The summed E-state index contributed by atoms with van der Waals surface area (Å²) in [5.74, 6) is -0.133. The number of amides is 3. The Labute approximate surface area is 236 Å². The first-order valence-electron chi connectivity index (χ1n) is 13.6. The minimum Gasteiger partial charge on any atom is -0.350 e. The number of pyridine rings is 1. The summed E-state index contributed by atoms with van der Waals surface area (Å²) in [5.41, 5.74) is 3.20. The number of carbonyl (C=O) groups excluding carboxylic acids is 3. The summed E-state index contributed by atoms with van der Waals surface area (Å²) in [5, 5.41) is 4.20. The molecule has 2 saturated heterocycles. The van der Waals surface area contributed by atoms with E-state index in [-0.39, 0.29) is 17.7 Å². The van der Waals surface area contributed by atoms with Crippen LogP contribution in [0.15, 0.2) is 79.1 Å². The van der Waals surface area contributed by atoms with E-state index in [9.17, 15) is 14.4 Å². The topological polar surface area (TPSA) is 85.8 Å². The molecule has 0 spiro atoms. The van der Waals surface area contributed by atoms with Gasteiger partial charge in [0.2, 0.25) is 17.7 Å². The van der Waals surface area contributed by atoms with Crippen LogP contribution in [0.25, 0.3) is 10.1 Å². The van der Waals surface area contributed by atoms with E-state index >= 15 is 0 Å². The summed E-state index contributed by atoms with van der Waals surface area (Å²) in [6, 6.07) is 20.4. The maximum atomic E-state index is 13.9. The number of nitrogens with one attached hydrogen (secondary N) is 1. The van der Waals surface area contributed by atoms with Crippen molar-refractivity contribution in [3.63, 3.8) is 0 Å². The van der Waals surface area contributed by atoms with Gasteiger partial charge in [-0.05, 0) is 46.3 Å². The molecule has 7 rings (SSSR count). The Morgan fingerprint density at radius 2 is 1.68 bits per heavy atom. The second-order valence-corrected chi connectivity index (χ2v) is 11.8. The molecule has 202 valence electrons. The van der Waals surface area contributed by atoms with Gasteiger partial charge in [0.05, 0.1) is 0 Å². The quantitative estimate of drug-likeness (QED) is 0.412. The Kier molecular flexibility index (Phi) is 6.32. The summed E-state index contributed by atoms with van der Waals surface area (Å²) in [6.45, 7) is 2.08. The number of nitrogens with zero attached hydrogens (tertiary/aromatic N) is 4. The zero-order valence-corrected chi connectivity index (χ0v) is 22.7. The number of aromatic nitrogens is 1. The smallest absolute Gasteiger partial charge is 0.247 e. The molecule has 2 unspecified atom stereocenters. The van der Waals surface area contributed by atoms with Crippen LogP contribution in [0.4, 0.5) is 0 Å². The summed E-state index contributed by atoms with van der Waals surface area (Å²) in [6.07, 6.45) is 3.97. The Balaban J connectivity index is 1.17. The first kappa shape index (κ1) is 24.9. The lowest BCUT2D eigenvalue weighted by Gasteiger charge is -2.51. The molecular formula is C31H29N5O3S. The maximum Gasteiger partial charge on any atom is 0.247 e. The van der Waals surface area contributed by atoms with E-state index in [0.29, 0.717) is 39.1 Å². The van der Waals surface area contributed by atoms with Crippen molar-refractivity contribution in [1.29, 1.82) is 0 Å². The van der Waals surface area contributed by atoms with Gasteiger partial charge in [0.15, 0.2) is 0 Å². The molecule has 40 heavy (non-hydrogen) atoms. The van der Waals surface area contributed by atoms with Gasteiger partial charge in [0.25, 0.3) is 0 Å². The van der Waals surface area contributed by atoms with E-state index in [4.69, 9.17) is 0 Å². The first-order chi connectivity index (χ1) is 19.6. The molecule has 3 amide bonds. The van der Waals surface area contributed by atoms with Crippen molar-refractivity contribution in [3.8, 4) is 0 Å². The highest BCUT2D eigenvalue weighted by Crippen LogP contribution is 2.36. The van der Waals surface area contributed by atoms with Gasteiger partial charge < -0.3 is 15.1 Å². The van der Waals surface area contributed by atoms with Gasteiger partial charge in [-0.25, -0.2) is 0 Å². The van der Waals surface area contributed by atoms with Crippen molar-refractivity contribution in [2.45, 2.75) is 37.6 Å². The van der Waals surface area contributed by atoms with Crippen LogP contribution >= 0.6 is 11.3 Å². The van der Waals surface area contributed by atoms with Crippen molar-refractivity contribution in [1.82, 2.24) is 25.0 Å². The van der Waals surface area contributed by atoms with E-state index in [2.05, 4.69) is 39.5 Å². The number of carbonyl (C=O) groups is 3. The molecule has 2 fully saturated rings. The molecule has 4 aromatic rings. The van der Waals surface area contributed by atoms with Crippen LogP contribution in [0, 0.1) is 0 Å². The lowest BCUT2D eigenvalue weighted by Crippen LogP contribution is -2.71. The SMILES string of the molecule is O=C(NCc1ccncc1)C(c1cc2ccccc2s1)N1CCN2C(=O)[C@@H]3Cc4ccccc4CN3C(=O)C2C1. The van der Waals surface area contributed by atoms with E-state index < -0.39 is 18.1 Å². The van der Waals surface area contributed by atoms with Gasteiger partial charge in [-0.3, -0.25) is 24.3 Å². The Bertz CT molecular complexity index is 1570. The van der Waals surface area contributed by atoms with Gasteiger partial charge in [-0.2, -0.15) is 0 Å². The largest absolute Gasteiger partial charge is 0.350 e. The molecule has 3 atom stereocenters. The molecule has 0 radical (unpaired) electrons. The highest BCUT2D eigenvalue weighted by molar-refractivity contribution is 7.19. The molecule has 1 N–H and O–H groups in total. The van der Waals surface area contributed by atoms with Crippen molar-refractivity contribution < 1.29 is 14.4 Å². The van der Waals surface area contributed by atoms with Crippen molar-refractivity contribution >= 4 is 39.1 Å². The van der Waals surface area contributed by atoms with Gasteiger partial charge in [-0.15, -0.1) is 11.3 Å². The fraction of sp³-hybridized carbons (Fsp3) is 0.290. The number of piperazine rings is 2. The second kappa shape index (κ2) is 10.1. The molecule has 0 aliphatic carbocycles. The first-order valence-corrected chi connectivity index (χ1v) is 14.5. The summed E-state index contributed by atoms with van der Waals surface area (Å²) in [4.78, 5) is 51.9. The van der Waals surface area contributed by atoms with Gasteiger partial charge in [-0.1, -0.05) is 42.5 Å². The predicted molar refractivity (Wildman–Crippen MR) is 152 cm³/mol. The highest BCUT2D eigenvalue weighted by Gasteiger charge is 2.50. The Hall–Kier alpha value is -4.08. The summed E-state index contributed by atoms with van der Waals surface area (Å²) in [7, 11) is 0. The van der Waals surface area contributed by atoms with Crippen LogP contribution in [0.5, 0.6) is 0 Å². The van der Waals surface area contributed by atoms with E-state index in [0.717, 1.165) is 31.7 Å². The van der Waals surface area contributed by atoms with Gasteiger partial charge in [0.1, 0.15) is 18.1 Å². The lowest BCUT2D eigenvalue weighted by atomic mass is 9.89. The molecule has 0 bridgehead atoms. The Morgan fingerprint density at radius 3 is 2.50 bits per heavy atom. The van der Waals surface area contributed by atoms with Crippen LogP contribution in [-0.2, 0) is 33.9 Å². The molecule has 9 heteroatoms. The monoisotopic (exact) mass is 551 g/mol. The zero-order valence-electron chi connectivity index (χ0n) is 21.9. The lowest BCUT2D eigenvalue weighted by molar-refractivity contribution is -0.168. The summed E-state index contributed by atoms with van der Waals surface area (Å²) < 4.78 is 1.11. The minimum absolute atomic E-state index is 0.0132. The average Bonchev–Trinajstić information content (AvgIpc) is 3.42. The number of benzene rings is 2. The average molecular weight is 552 g/mol. The van der Waals surface area contributed by atoms with E-state index in [1.165, 1.54) is 0 Å². The van der Waals surface area contributed by atoms with Gasteiger partial charge >= 0.3 is 0 Å². The number of fused-ring (bicyclic) bond motifs is 4. The van der Waals surface area contributed by atoms with E-state index in [1.54, 1.807) is 33.5 Å². The second-order valence-electron chi connectivity index (χ2n) is 10.7. The van der Waals surface area contributed by atoms with Crippen LogP contribution < -0.4 is 5.32 Å². The van der Waals surface area contributed by atoms with Crippen molar-refractivity contribution in [2.24, 2.45) is 0 Å².